The summed E-state index contributed by atoms with van der Waals surface area (Å²) in [5.41, 5.74) is 3.21. The van der Waals surface area contributed by atoms with Crippen molar-refractivity contribution in [1.82, 2.24) is 14.5 Å². The number of aryl methyl sites for hydroxylation is 1. The SMILES string of the molecule is Cc1cccc2cc([C@H](C)Nc3ncnc4c3C(Br)CN4)n(C3CC3)c(=O)c12. The predicted octanol–water partition coefficient (Wildman–Crippen LogP) is 4.47. The monoisotopic (exact) mass is 439 g/mol. The molecule has 1 saturated carbocycles. The molecule has 0 saturated heterocycles. The van der Waals surface area contributed by atoms with Gasteiger partial charge in [-0.05, 0) is 43.7 Å². The Balaban J connectivity index is 1.61. The van der Waals surface area contributed by atoms with Gasteiger partial charge in [-0.1, -0.05) is 34.1 Å². The van der Waals surface area contributed by atoms with Gasteiger partial charge in [-0.2, -0.15) is 0 Å². The highest BCUT2D eigenvalue weighted by molar-refractivity contribution is 9.09. The molecular formula is C21H22BrN5O. The van der Waals surface area contributed by atoms with Crippen molar-refractivity contribution in [3.63, 3.8) is 0 Å². The van der Waals surface area contributed by atoms with Gasteiger partial charge in [0.05, 0.1) is 21.8 Å². The average Bonchev–Trinajstić information content (AvgIpc) is 3.44. The molecule has 1 aromatic carbocycles. The van der Waals surface area contributed by atoms with Crippen LogP contribution in [-0.4, -0.2) is 21.1 Å². The fraction of sp³-hybridized carbons (Fsp3) is 0.381. The van der Waals surface area contributed by atoms with Crippen molar-refractivity contribution in [2.75, 3.05) is 17.2 Å². The Morgan fingerprint density at radius 3 is 2.93 bits per heavy atom. The number of halogens is 1. The maximum Gasteiger partial charge on any atom is 0.259 e. The summed E-state index contributed by atoms with van der Waals surface area (Å²) in [4.78, 5) is 22.3. The van der Waals surface area contributed by atoms with Gasteiger partial charge in [0.25, 0.3) is 5.56 Å². The second-order valence-electron chi connectivity index (χ2n) is 7.71. The van der Waals surface area contributed by atoms with Crippen LogP contribution in [-0.2, 0) is 0 Å². The van der Waals surface area contributed by atoms with Crippen LogP contribution in [0.3, 0.4) is 0 Å². The molecule has 2 atom stereocenters. The van der Waals surface area contributed by atoms with E-state index in [9.17, 15) is 4.79 Å². The van der Waals surface area contributed by atoms with E-state index in [1.807, 2.05) is 29.7 Å². The number of rotatable bonds is 4. The van der Waals surface area contributed by atoms with E-state index in [4.69, 9.17) is 0 Å². The zero-order chi connectivity index (χ0) is 19.4. The molecule has 0 spiro atoms. The van der Waals surface area contributed by atoms with E-state index >= 15 is 0 Å². The van der Waals surface area contributed by atoms with E-state index in [-0.39, 0.29) is 16.4 Å². The van der Waals surface area contributed by atoms with Gasteiger partial charge in [-0.3, -0.25) is 4.79 Å². The smallest absolute Gasteiger partial charge is 0.259 e. The van der Waals surface area contributed by atoms with Crippen molar-refractivity contribution >= 4 is 38.3 Å². The van der Waals surface area contributed by atoms with Crippen LogP contribution in [0, 0.1) is 6.92 Å². The Kier molecular flexibility index (Phi) is 4.16. The molecule has 1 unspecified atom stereocenters. The van der Waals surface area contributed by atoms with Crippen LogP contribution < -0.4 is 16.2 Å². The molecule has 2 N–H and O–H groups in total. The third-order valence-corrected chi connectivity index (χ3v) is 6.46. The van der Waals surface area contributed by atoms with Crippen LogP contribution in [0.25, 0.3) is 10.8 Å². The largest absolute Gasteiger partial charge is 0.368 e. The number of nitrogens with one attached hydrogen (secondary N) is 2. The third kappa shape index (κ3) is 2.80. The summed E-state index contributed by atoms with van der Waals surface area (Å²) in [6.45, 7) is 4.89. The van der Waals surface area contributed by atoms with Crippen molar-refractivity contribution in [2.24, 2.45) is 0 Å². The minimum Gasteiger partial charge on any atom is -0.368 e. The van der Waals surface area contributed by atoms with Crippen LogP contribution in [0.2, 0.25) is 0 Å². The second-order valence-corrected chi connectivity index (χ2v) is 8.82. The minimum atomic E-state index is -0.0579. The van der Waals surface area contributed by atoms with E-state index < -0.39 is 0 Å². The molecule has 0 bridgehead atoms. The first-order valence-corrected chi connectivity index (χ1v) is 10.6. The highest BCUT2D eigenvalue weighted by atomic mass is 79.9. The molecule has 28 heavy (non-hydrogen) atoms. The first-order chi connectivity index (χ1) is 13.5. The van der Waals surface area contributed by atoms with E-state index in [0.29, 0.717) is 6.04 Å². The molecule has 144 valence electrons. The molecule has 5 rings (SSSR count). The number of benzene rings is 1. The summed E-state index contributed by atoms with van der Waals surface area (Å²) >= 11 is 3.70. The zero-order valence-electron chi connectivity index (χ0n) is 15.9. The molecule has 6 nitrogen and oxygen atoms in total. The van der Waals surface area contributed by atoms with Gasteiger partial charge >= 0.3 is 0 Å². The molecule has 1 aliphatic carbocycles. The lowest BCUT2D eigenvalue weighted by atomic mass is 10.0. The van der Waals surface area contributed by atoms with Crippen molar-refractivity contribution in [3.8, 4) is 0 Å². The summed E-state index contributed by atoms with van der Waals surface area (Å²) in [7, 11) is 0. The van der Waals surface area contributed by atoms with Crippen molar-refractivity contribution < 1.29 is 0 Å². The van der Waals surface area contributed by atoms with E-state index in [1.165, 1.54) is 0 Å². The first kappa shape index (κ1) is 17.7. The lowest BCUT2D eigenvalue weighted by Crippen LogP contribution is -2.27. The quantitative estimate of drug-likeness (QED) is 0.586. The molecule has 1 aliphatic heterocycles. The normalized spacial score (nSPS) is 19.3. The summed E-state index contributed by atoms with van der Waals surface area (Å²) < 4.78 is 2.00. The van der Waals surface area contributed by atoms with Crippen LogP contribution in [0.4, 0.5) is 11.6 Å². The van der Waals surface area contributed by atoms with Crippen molar-refractivity contribution in [3.05, 3.63) is 57.8 Å². The van der Waals surface area contributed by atoms with Gasteiger partial charge in [-0.25, -0.2) is 9.97 Å². The van der Waals surface area contributed by atoms with Gasteiger partial charge in [0.2, 0.25) is 0 Å². The summed E-state index contributed by atoms with van der Waals surface area (Å²) in [6.07, 6.45) is 3.70. The number of fused-ring (bicyclic) bond motifs is 2. The zero-order valence-corrected chi connectivity index (χ0v) is 17.5. The molecule has 7 heteroatoms. The van der Waals surface area contributed by atoms with E-state index in [2.05, 4.69) is 49.5 Å². The molecule has 2 aromatic heterocycles. The van der Waals surface area contributed by atoms with E-state index in [0.717, 1.165) is 58.6 Å². The Morgan fingerprint density at radius 1 is 1.32 bits per heavy atom. The number of hydrogen-bond acceptors (Lipinski definition) is 5. The Labute approximate surface area is 171 Å². The summed E-state index contributed by atoms with van der Waals surface area (Å²) in [6, 6.07) is 8.45. The number of hydrogen-bond donors (Lipinski definition) is 2. The highest BCUT2D eigenvalue weighted by Crippen LogP contribution is 2.40. The van der Waals surface area contributed by atoms with Gasteiger partial charge in [-0.15, -0.1) is 0 Å². The van der Waals surface area contributed by atoms with Gasteiger partial charge < -0.3 is 15.2 Å². The Morgan fingerprint density at radius 2 is 2.14 bits per heavy atom. The van der Waals surface area contributed by atoms with Crippen molar-refractivity contribution in [1.29, 1.82) is 0 Å². The number of nitrogens with zero attached hydrogens (tertiary/aromatic N) is 3. The van der Waals surface area contributed by atoms with Crippen LogP contribution >= 0.6 is 15.9 Å². The van der Waals surface area contributed by atoms with Crippen LogP contribution in [0.15, 0.2) is 35.4 Å². The summed E-state index contributed by atoms with van der Waals surface area (Å²) in [5.74, 6) is 1.67. The topological polar surface area (TPSA) is 71.8 Å². The third-order valence-electron chi connectivity index (χ3n) is 5.67. The Bertz CT molecular complexity index is 1140. The fourth-order valence-electron chi connectivity index (χ4n) is 4.13. The van der Waals surface area contributed by atoms with Crippen LogP contribution in [0.5, 0.6) is 0 Å². The first-order valence-electron chi connectivity index (χ1n) is 9.68. The van der Waals surface area contributed by atoms with Crippen LogP contribution in [0.1, 0.15) is 53.5 Å². The maximum absolute atomic E-state index is 13.3. The predicted molar refractivity (Wildman–Crippen MR) is 115 cm³/mol. The molecular weight excluding hydrogens is 418 g/mol. The van der Waals surface area contributed by atoms with Gasteiger partial charge in [0.1, 0.15) is 18.0 Å². The lowest BCUT2D eigenvalue weighted by Gasteiger charge is -2.22. The molecule has 0 radical (unpaired) electrons. The van der Waals surface area contributed by atoms with Gasteiger partial charge in [0.15, 0.2) is 0 Å². The molecule has 3 aromatic rings. The number of aromatic nitrogens is 3. The minimum absolute atomic E-state index is 0.0579. The highest BCUT2D eigenvalue weighted by Gasteiger charge is 2.31. The average molecular weight is 440 g/mol. The molecule has 1 fully saturated rings. The molecule has 0 amide bonds. The van der Waals surface area contributed by atoms with Crippen molar-refractivity contribution in [2.45, 2.75) is 43.6 Å². The lowest BCUT2D eigenvalue weighted by molar-refractivity contribution is 0.635. The maximum atomic E-state index is 13.3. The second kappa shape index (κ2) is 6.58. The standard InChI is InChI=1S/C21H22BrN5O/c1-11-4-3-5-13-8-16(27(14-6-7-14)21(28)17(11)13)12(2)26-20-18-15(22)9-23-19(18)24-10-25-20/h3-5,8,10,12,14-15H,6-7,9H2,1-2H3,(H2,23,24,25,26)/t12-,15?/m0/s1. The molecule has 2 aliphatic rings. The Hall–Kier alpha value is -2.41. The number of alkyl halides is 1. The number of anilines is 2. The molecule has 3 heterocycles. The van der Waals surface area contributed by atoms with Gasteiger partial charge in [0, 0.05) is 18.3 Å². The summed E-state index contributed by atoms with van der Waals surface area (Å²) in [5, 5.41) is 8.66. The van der Waals surface area contributed by atoms with E-state index in [1.54, 1.807) is 6.33 Å². The fourth-order valence-corrected chi connectivity index (χ4v) is 4.72. The number of pyridine rings is 1.